The van der Waals surface area contributed by atoms with Crippen LogP contribution in [0.5, 0.6) is 0 Å². The predicted octanol–water partition coefficient (Wildman–Crippen LogP) is 5.83. The molecule has 200 valence electrons. The van der Waals surface area contributed by atoms with Crippen LogP contribution in [0.1, 0.15) is 48.3 Å². The fraction of sp³-hybridized carbons (Fsp3) is 0.300. The maximum Gasteiger partial charge on any atom is 0.264 e. The highest BCUT2D eigenvalue weighted by molar-refractivity contribution is 14.1. The van der Waals surface area contributed by atoms with Crippen LogP contribution in [0.4, 0.5) is 5.69 Å². The van der Waals surface area contributed by atoms with Gasteiger partial charge >= 0.3 is 0 Å². The Kier molecular flexibility index (Phi) is 7.51. The van der Waals surface area contributed by atoms with Crippen molar-refractivity contribution in [2.45, 2.75) is 50.7 Å². The molecule has 1 fully saturated rings. The van der Waals surface area contributed by atoms with Crippen molar-refractivity contribution in [3.63, 3.8) is 0 Å². The third-order valence-corrected chi connectivity index (χ3v) is 9.15. The Balaban J connectivity index is 1.20. The zero-order chi connectivity index (χ0) is 27.1. The molecule has 4 atom stereocenters. The summed E-state index contributed by atoms with van der Waals surface area (Å²) in [5.74, 6) is 0.0435. The smallest absolute Gasteiger partial charge is 0.264 e. The minimum Gasteiger partial charge on any atom is -0.382 e. The molecule has 1 spiro atoms. The van der Waals surface area contributed by atoms with Gasteiger partial charge < -0.3 is 14.7 Å². The lowest BCUT2D eigenvalue weighted by Crippen LogP contribution is -2.43. The van der Waals surface area contributed by atoms with Gasteiger partial charge in [-0.25, -0.2) is 0 Å². The van der Waals surface area contributed by atoms with Crippen LogP contribution < -0.4 is 4.90 Å². The molecule has 2 aliphatic heterocycles. The first kappa shape index (κ1) is 26.9. The van der Waals surface area contributed by atoms with Crippen molar-refractivity contribution < 1.29 is 14.6 Å². The van der Waals surface area contributed by atoms with E-state index in [1.807, 2.05) is 35.2 Å². The standard InChI is InChI=1S/C30H28I2N4O3/c1-19-15-24(13-14-35-18-26(33-34-35)28(37)21-5-3-2-4-6-21)39-30(19)25-16-23(32)11-12-27(25)36(29(30)38)17-20-7-9-22(31)10-8-20/h2-12,16,18-19,24,28,37H,13-15,17H2,1H3/t19-,24+,28+,30+/m0/s1. The second-order valence-corrected chi connectivity index (χ2v) is 12.8. The van der Waals surface area contributed by atoms with Gasteiger partial charge in [0.05, 0.1) is 24.5 Å². The zero-order valence-corrected chi connectivity index (χ0v) is 25.7. The number of aromatic nitrogens is 3. The average Bonchev–Trinajstić information content (AvgIpc) is 3.61. The van der Waals surface area contributed by atoms with Crippen molar-refractivity contribution >= 4 is 56.8 Å². The number of aliphatic hydroxyl groups is 1. The Hall–Kier alpha value is -2.35. The first-order valence-corrected chi connectivity index (χ1v) is 15.2. The second kappa shape index (κ2) is 10.9. The molecule has 4 aromatic rings. The molecule has 7 nitrogen and oxygen atoms in total. The lowest BCUT2D eigenvalue weighted by Gasteiger charge is -2.28. The molecule has 3 heterocycles. The summed E-state index contributed by atoms with van der Waals surface area (Å²) in [7, 11) is 0. The number of fused-ring (bicyclic) bond motifs is 2. The third-order valence-electron chi connectivity index (χ3n) is 7.76. The van der Waals surface area contributed by atoms with Crippen LogP contribution in [0, 0.1) is 13.1 Å². The number of anilines is 1. The Bertz CT molecular complexity index is 1490. The van der Waals surface area contributed by atoms with Gasteiger partial charge in [-0.1, -0.05) is 54.6 Å². The number of benzene rings is 3. The number of halogens is 2. The molecule has 1 N–H and O–H groups in total. The first-order valence-electron chi connectivity index (χ1n) is 13.0. The van der Waals surface area contributed by atoms with Crippen LogP contribution in [-0.4, -0.2) is 32.1 Å². The van der Waals surface area contributed by atoms with Gasteiger partial charge in [-0.05, 0) is 99.5 Å². The van der Waals surface area contributed by atoms with Crippen LogP contribution in [0.2, 0.25) is 0 Å². The Morgan fingerprint density at radius 3 is 2.59 bits per heavy atom. The number of amides is 1. The molecular weight excluding hydrogens is 718 g/mol. The fourth-order valence-electron chi connectivity index (χ4n) is 5.78. The molecule has 0 aliphatic carbocycles. The SMILES string of the molecule is C[C@H]1C[C@@H](CCn2cc([C@H](O)c3ccccc3)nn2)O[C@]12C(=O)N(Cc1ccc(I)cc1)c1ccc(I)cc12. The van der Waals surface area contributed by atoms with E-state index in [0.717, 1.165) is 32.4 Å². The molecule has 1 amide bonds. The average molecular weight is 746 g/mol. The Morgan fingerprint density at radius 2 is 1.82 bits per heavy atom. The molecule has 1 saturated heterocycles. The topological polar surface area (TPSA) is 80.5 Å². The molecule has 0 unspecified atom stereocenters. The number of ether oxygens (including phenoxy) is 1. The number of aliphatic hydroxyl groups excluding tert-OH is 1. The summed E-state index contributed by atoms with van der Waals surface area (Å²) in [5.41, 5.74) is 3.30. The molecule has 39 heavy (non-hydrogen) atoms. The minimum atomic E-state index is -0.985. The van der Waals surface area contributed by atoms with E-state index >= 15 is 0 Å². The lowest BCUT2D eigenvalue weighted by atomic mass is 9.83. The zero-order valence-electron chi connectivity index (χ0n) is 21.4. The van der Waals surface area contributed by atoms with E-state index in [2.05, 4.69) is 105 Å². The number of rotatable bonds is 7. The Morgan fingerprint density at radius 1 is 1.08 bits per heavy atom. The van der Waals surface area contributed by atoms with Crippen molar-refractivity contribution in [3.8, 4) is 0 Å². The highest BCUT2D eigenvalue weighted by Gasteiger charge is 2.60. The quantitative estimate of drug-likeness (QED) is 0.241. The fourth-order valence-corrected chi connectivity index (χ4v) is 6.63. The van der Waals surface area contributed by atoms with Gasteiger partial charge in [0.15, 0.2) is 5.60 Å². The van der Waals surface area contributed by atoms with E-state index in [0.29, 0.717) is 25.2 Å². The third kappa shape index (κ3) is 5.02. The van der Waals surface area contributed by atoms with E-state index in [-0.39, 0.29) is 17.9 Å². The van der Waals surface area contributed by atoms with Crippen LogP contribution in [0.15, 0.2) is 79.0 Å². The summed E-state index contributed by atoms with van der Waals surface area (Å²) in [6, 6.07) is 23.9. The molecule has 3 aromatic carbocycles. The summed E-state index contributed by atoms with van der Waals surface area (Å²) in [5, 5.41) is 19.1. The van der Waals surface area contributed by atoms with Gasteiger partial charge in [0.25, 0.3) is 5.91 Å². The van der Waals surface area contributed by atoms with Gasteiger partial charge in [0.2, 0.25) is 0 Å². The van der Waals surface area contributed by atoms with Crippen LogP contribution in [0.3, 0.4) is 0 Å². The number of carbonyl (C=O) groups is 1. The largest absolute Gasteiger partial charge is 0.382 e. The van der Waals surface area contributed by atoms with Crippen LogP contribution in [0.25, 0.3) is 0 Å². The number of hydrogen-bond acceptors (Lipinski definition) is 5. The minimum absolute atomic E-state index is 0.0158. The maximum absolute atomic E-state index is 14.2. The highest BCUT2D eigenvalue weighted by Crippen LogP contribution is 2.54. The van der Waals surface area contributed by atoms with Gasteiger partial charge in [-0.2, -0.15) is 0 Å². The number of hydrogen-bond donors (Lipinski definition) is 1. The molecule has 0 bridgehead atoms. The molecule has 0 saturated carbocycles. The summed E-state index contributed by atoms with van der Waals surface area (Å²) < 4.78 is 10.7. The monoisotopic (exact) mass is 746 g/mol. The van der Waals surface area contributed by atoms with E-state index in [9.17, 15) is 9.90 Å². The number of aryl methyl sites for hydroxylation is 1. The van der Waals surface area contributed by atoms with Crippen molar-refractivity contribution in [2.75, 3.05) is 4.90 Å². The molecule has 9 heteroatoms. The summed E-state index contributed by atoms with van der Waals surface area (Å²) in [6.45, 7) is 3.22. The predicted molar refractivity (Wildman–Crippen MR) is 165 cm³/mol. The maximum atomic E-state index is 14.2. The summed E-state index contributed by atoms with van der Waals surface area (Å²) in [4.78, 5) is 16.0. The van der Waals surface area contributed by atoms with Gasteiger partial charge in [0, 0.05) is 25.2 Å². The molecule has 2 aliphatic rings. The van der Waals surface area contributed by atoms with Crippen molar-refractivity contribution in [1.82, 2.24) is 15.0 Å². The van der Waals surface area contributed by atoms with E-state index < -0.39 is 11.7 Å². The van der Waals surface area contributed by atoms with Gasteiger partial charge in [-0.15, -0.1) is 5.10 Å². The van der Waals surface area contributed by atoms with Gasteiger partial charge in [-0.3, -0.25) is 9.48 Å². The molecule has 1 aromatic heterocycles. The number of nitrogens with zero attached hydrogens (tertiary/aromatic N) is 4. The van der Waals surface area contributed by atoms with Crippen molar-refractivity contribution in [3.05, 3.63) is 109 Å². The van der Waals surface area contributed by atoms with Crippen molar-refractivity contribution in [2.24, 2.45) is 5.92 Å². The van der Waals surface area contributed by atoms with Crippen LogP contribution >= 0.6 is 45.2 Å². The lowest BCUT2D eigenvalue weighted by molar-refractivity contribution is -0.146. The highest BCUT2D eigenvalue weighted by atomic mass is 127. The van der Waals surface area contributed by atoms with Crippen LogP contribution in [-0.2, 0) is 28.2 Å². The molecule has 0 radical (unpaired) electrons. The molecule has 6 rings (SSSR count). The Labute approximate surface area is 254 Å². The first-order chi connectivity index (χ1) is 18.8. The van der Waals surface area contributed by atoms with Gasteiger partial charge in [0.1, 0.15) is 11.8 Å². The summed E-state index contributed by atoms with van der Waals surface area (Å²) >= 11 is 4.60. The normalized spacial score (nSPS) is 23.0. The van der Waals surface area contributed by atoms with E-state index in [1.165, 1.54) is 3.57 Å². The number of carbonyl (C=O) groups excluding carboxylic acids is 1. The van der Waals surface area contributed by atoms with E-state index in [4.69, 9.17) is 4.74 Å². The van der Waals surface area contributed by atoms with E-state index in [1.54, 1.807) is 10.9 Å². The summed E-state index contributed by atoms with van der Waals surface area (Å²) in [6.07, 6.45) is 2.34. The molecular formula is C30H28I2N4O3. The van der Waals surface area contributed by atoms with Crippen molar-refractivity contribution in [1.29, 1.82) is 0 Å². The second-order valence-electron chi connectivity index (χ2n) is 10.3.